The van der Waals surface area contributed by atoms with Gasteiger partial charge in [0.1, 0.15) is 5.25 Å². The summed E-state index contributed by atoms with van der Waals surface area (Å²) in [6, 6.07) is 0. The van der Waals surface area contributed by atoms with E-state index >= 15 is 0 Å². The molecule has 0 saturated heterocycles. The van der Waals surface area contributed by atoms with Gasteiger partial charge in [0.2, 0.25) is 0 Å². The molecule has 0 aromatic carbocycles. The molecule has 4 nitrogen and oxygen atoms in total. The predicted molar refractivity (Wildman–Crippen MR) is 42.6 cm³/mol. The Hall–Kier alpha value is -0.260. The van der Waals surface area contributed by atoms with Gasteiger partial charge >= 0.3 is 5.97 Å². The first-order valence-electron chi connectivity index (χ1n) is 3.19. The third-order valence-corrected chi connectivity index (χ3v) is 1.75. The van der Waals surface area contributed by atoms with Crippen LogP contribution < -0.4 is 0 Å². The first-order chi connectivity index (χ1) is 4.95. The van der Waals surface area contributed by atoms with Crippen LogP contribution in [0.5, 0.6) is 0 Å². The average Bonchev–Trinajstić information content (AvgIpc) is 1.84. The largest absolute Gasteiger partial charge is 0.480 e. The monoisotopic (exact) mass is 180 g/mol. The van der Waals surface area contributed by atoms with Crippen molar-refractivity contribution in [3.05, 3.63) is 0 Å². The summed E-state index contributed by atoms with van der Waals surface area (Å²) in [7, 11) is 0. The number of aliphatic hydroxyl groups is 1. The standard InChI is InChI=1S/C6H12O4S/c1-3(10-4(2)7)5(11)6(8)9/h3-5,7,11H,1-2H3,(H,8,9). The number of ether oxygens (including phenoxy) is 1. The topological polar surface area (TPSA) is 66.8 Å². The summed E-state index contributed by atoms with van der Waals surface area (Å²) < 4.78 is 4.77. The van der Waals surface area contributed by atoms with Crippen molar-refractivity contribution in [2.24, 2.45) is 0 Å². The molecule has 5 heteroatoms. The summed E-state index contributed by atoms with van der Waals surface area (Å²) >= 11 is 3.76. The van der Waals surface area contributed by atoms with Crippen molar-refractivity contribution in [3.63, 3.8) is 0 Å². The highest BCUT2D eigenvalue weighted by molar-refractivity contribution is 7.81. The molecule has 3 atom stereocenters. The Labute approximate surface area is 70.6 Å². The molecule has 0 fully saturated rings. The minimum absolute atomic E-state index is 0.601. The molecule has 0 amide bonds. The minimum Gasteiger partial charge on any atom is -0.480 e. The van der Waals surface area contributed by atoms with Crippen molar-refractivity contribution >= 4 is 18.6 Å². The maximum atomic E-state index is 10.3. The maximum absolute atomic E-state index is 10.3. The SMILES string of the molecule is CC(O)OC(C)C(S)C(=O)O. The van der Waals surface area contributed by atoms with Crippen molar-refractivity contribution in [1.82, 2.24) is 0 Å². The Bertz CT molecular complexity index is 137. The zero-order chi connectivity index (χ0) is 9.02. The summed E-state index contributed by atoms with van der Waals surface area (Å²) in [6.45, 7) is 2.96. The normalized spacial score (nSPS) is 18.9. The molecule has 0 rings (SSSR count). The maximum Gasteiger partial charge on any atom is 0.319 e. The Morgan fingerprint density at radius 2 is 2.00 bits per heavy atom. The molecular formula is C6H12O4S. The quantitative estimate of drug-likeness (QED) is 0.424. The molecule has 0 saturated carbocycles. The summed E-state index contributed by atoms with van der Waals surface area (Å²) in [5.41, 5.74) is 0. The average molecular weight is 180 g/mol. The van der Waals surface area contributed by atoms with E-state index in [0.29, 0.717) is 0 Å². The Morgan fingerprint density at radius 1 is 1.55 bits per heavy atom. The van der Waals surface area contributed by atoms with Crippen LogP contribution in [0.2, 0.25) is 0 Å². The highest BCUT2D eigenvalue weighted by atomic mass is 32.1. The van der Waals surface area contributed by atoms with E-state index in [-0.39, 0.29) is 0 Å². The van der Waals surface area contributed by atoms with Gasteiger partial charge < -0.3 is 14.9 Å². The Balaban J connectivity index is 3.82. The molecule has 66 valence electrons. The second-order valence-corrected chi connectivity index (χ2v) is 2.78. The van der Waals surface area contributed by atoms with E-state index in [1.165, 1.54) is 6.92 Å². The molecule has 2 N–H and O–H groups in total. The van der Waals surface area contributed by atoms with Crippen LogP contribution in [0.1, 0.15) is 13.8 Å². The number of hydrogen-bond acceptors (Lipinski definition) is 4. The van der Waals surface area contributed by atoms with E-state index in [1.807, 2.05) is 0 Å². The zero-order valence-electron chi connectivity index (χ0n) is 6.39. The molecule has 11 heavy (non-hydrogen) atoms. The van der Waals surface area contributed by atoms with Crippen LogP contribution in [0, 0.1) is 0 Å². The molecule has 0 bridgehead atoms. The van der Waals surface area contributed by atoms with E-state index in [4.69, 9.17) is 14.9 Å². The van der Waals surface area contributed by atoms with Crippen LogP contribution in [0.15, 0.2) is 0 Å². The number of aliphatic carboxylic acids is 1. The lowest BCUT2D eigenvalue weighted by Crippen LogP contribution is -2.31. The molecule has 0 radical (unpaired) electrons. The highest BCUT2D eigenvalue weighted by Gasteiger charge is 2.21. The number of rotatable bonds is 4. The van der Waals surface area contributed by atoms with Gasteiger partial charge in [-0.05, 0) is 13.8 Å². The number of hydrogen-bond donors (Lipinski definition) is 3. The summed E-state index contributed by atoms with van der Waals surface area (Å²) in [5.74, 6) is -1.05. The molecule has 0 aliphatic heterocycles. The van der Waals surface area contributed by atoms with Gasteiger partial charge in [-0.25, -0.2) is 0 Å². The van der Waals surface area contributed by atoms with Gasteiger partial charge in [0, 0.05) is 0 Å². The van der Waals surface area contributed by atoms with Crippen molar-refractivity contribution < 1.29 is 19.7 Å². The molecular weight excluding hydrogens is 168 g/mol. The lowest BCUT2D eigenvalue weighted by molar-refractivity contribution is -0.147. The van der Waals surface area contributed by atoms with Gasteiger partial charge in [0.25, 0.3) is 0 Å². The smallest absolute Gasteiger partial charge is 0.319 e. The van der Waals surface area contributed by atoms with Gasteiger partial charge in [-0.15, -0.1) is 0 Å². The molecule has 0 heterocycles. The first kappa shape index (κ1) is 10.7. The molecule has 0 aliphatic carbocycles. The fraction of sp³-hybridized carbons (Fsp3) is 0.833. The summed E-state index contributed by atoms with van der Waals surface area (Å²) in [6.07, 6.45) is -1.56. The van der Waals surface area contributed by atoms with Crippen molar-refractivity contribution in [3.8, 4) is 0 Å². The second kappa shape index (κ2) is 4.58. The molecule has 0 aliphatic rings. The number of carboxylic acid groups (broad SMARTS) is 1. The van der Waals surface area contributed by atoms with Crippen molar-refractivity contribution in [2.45, 2.75) is 31.5 Å². The lowest BCUT2D eigenvalue weighted by atomic mass is 10.3. The zero-order valence-corrected chi connectivity index (χ0v) is 7.28. The second-order valence-electron chi connectivity index (χ2n) is 2.22. The molecule has 0 spiro atoms. The van der Waals surface area contributed by atoms with Crippen LogP contribution in [0.4, 0.5) is 0 Å². The number of carboxylic acids is 1. The van der Waals surface area contributed by atoms with Crippen molar-refractivity contribution in [2.75, 3.05) is 0 Å². The van der Waals surface area contributed by atoms with Gasteiger partial charge in [-0.2, -0.15) is 12.6 Å². The minimum atomic E-state index is -1.05. The summed E-state index contributed by atoms with van der Waals surface area (Å²) in [5, 5.41) is 16.2. The highest BCUT2D eigenvalue weighted by Crippen LogP contribution is 2.07. The fourth-order valence-corrected chi connectivity index (χ4v) is 0.656. The van der Waals surface area contributed by atoms with E-state index in [1.54, 1.807) is 6.92 Å². The van der Waals surface area contributed by atoms with E-state index in [9.17, 15) is 4.79 Å². The van der Waals surface area contributed by atoms with Gasteiger partial charge in [-0.3, -0.25) is 4.79 Å². The van der Waals surface area contributed by atoms with Gasteiger partial charge in [0.05, 0.1) is 6.10 Å². The Morgan fingerprint density at radius 3 is 2.27 bits per heavy atom. The molecule has 0 aromatic heterocycles. The van der Waals surface area contributed by atoms with Crippen molar-refractivity contribution in [1.29, 1.82) is 0 Å². The fourth-order valence-electron chi connectivity index (χ4n) is 0.586. The van der Waals surface area contributed by atoms with Crippen LogP contribution in [0.25, 0.3) is 0 Å². The van der Waals surface area contributed by atoms with Crippen LogP contribution >= 0.6 is 12.6 Å². The lowest BCUT2D eigenvalue weighted by Gasteiger charge is -2.17. The van der Waals surface area contributed by atoms with E-state index in [2.05, 4.69) is 12.6 Å². The molecule has 0 aromatic rings. The van der Waals surface area contributed by atoms with E-state index < -0.39 is 23.6 Å². The molecule has 3 unspecified atom stereocenters. The first-order valence-corrected chi connectivity index (χ1v) is 3.71. The van der Waals surface area contributed by atoms with Crippen LogP contribution in [-0.2, 0) is 9.53 Å². The van der Waals surface area contributed by atoms with Crippen LogP contribution in [0.3, 0.4) is 0 Å². The third kappa shape index (κ3) is 4.23. The summed E-state index contributed by atoms with van der Waals surface area (Å²) in [4.78, 5) is 10.3. The number of aliphatic hydroxyl groups excluding tert-OH is 1. The van der Waals surface area contributed by atoms with Gasteiger partial charge in [-0.1, -0.05) is 0 Å². The third-order valence-electron chi connectivity index (χ3n) is 1.11. The number of thiol groups is 1. The van der Waals surface area contributed by atoms with E-state index in [0.717, 1.165) is 0 Å². The van der Waals surface area contributed by atoms with Gasteiger partial charge in [0.15, 0.2) is 6.29 Å². The van der Waals surface area contributed by atoms with Crippen LogP contribution in [-0.4, -0.2) is 33.8 Å². The number of carbonyl (C=O) groups is 1. The Kier molecular flexibility index (Phi) is 4.48. The predicted octanol–water partition coefficient (Wildman–Crippen LogP) is 0.113.